The minimum Gasteiger partial charge on any atom is -0.264 e. The lowest BCUT2D eigenvalue weighted by Gasteiger charge is -1.97. The Morgan fingerprint density at radius 1 is 1.20 bits per heavy atom. The standard InChI is InChI=1S/C16H11N3S/c17-9-12-3-1-5-14(7-12)15-11-20-16(19-15)8-13-4-2-6-18-10-13/h1-7,10-11H,8H2. The summed E-state index contributed by atoms with van der Waals surface area (Å²) in [6.07, 6.45) is 4.41. The molecule has 2 aromatic heterocycles. The Bertz CT molecular complexity index is 757. The Balaban J connectivity index is 1.85. The highest BCUT2D eigenvalue weighted by molar-refractivity contribution is 7.10. The fraction of sp³-hybridized carbons (Fsp3) is 0.0625. The van der Waals surface area contributed by atoms with E-state index in [1.54, 1.807) is 23.6 Å². The van der Waals surface area contributed by atoms with Gasteiger partial charge in [-0.1, -0.05) is 18.2 Å². The summed E-state index contributed by atoms with van der Waals surface area (Å²) in [6, 6.07) is 13.6. The van der Waals surface area contributed by atoms with Crippen LogP contribution >= 0.6 is 11.3 Å². The van der Waals surface area contributed by atoms with Crippen LogP contribution in [-0.4, -0.2) is 9.97 Å². The number of rotatable bonds is 3. The van der Waals surface area contributed by atoms with Crippen LogP contribution in [-0.2, 0) is 6.42 Å². The maximum atomic E-state index is 8.93. The van der Waals surface area contributed by atoms with Gasteiger partial charge in [0.15, 0.2) is 0 Å². The maximum absolute atomic E-state index is 8.93. The predicted octanol–water partition coefficient (Wildman–Crippen LogP) is 3.67. The summed E-state index contributed by atoms with van der Waals surface area (Å²) >= 11 is 1.63. The molecule has 0 saturated carbocycles. The van der Waals surface area contributed by atoms with Crippen molar-refractivity contribution in [1.82, 2.24) is 9.97 Å². The molecule has 0 amide bonds. The van der Waals surface area contributed by atoms with E-state index in [1.165, 1.54) is 0 Å². The van der Waals surface area contributed by atoms with Crippen molar-refractivity contribution in [3.8, 4) is 17.3 Å². The number of pyridine rings is 1. The van der Waals surface area contributed by atoms with Crippen molar-refractivity contribution in [3.63, 3.8) is 0 Å². The molecule has 0 fully saturated rings. The van der Waals surface area contributed by atoms with Crippen LogP contribution in [0.25, 0.3) is 11.3 Å². The fourth-order valence-electron chi connectivity index (χ4n) is 1.95. The number of aromatic nitrogens is 2. The second-order valence-corrected chi connectivity index (χ2v) is 5.30. The van der Waals surface area contributed by atoms with Crippen molar-refractivity contribution in [2.24, 2.45) is 0 Å². The lowest BCUT2D eigenvalue weighted by atomic mass is 10.1. The molecule has 3 rings (SSSR count). The number of hydrogen-bond acceptors (Lipinski definition) is 4. The summed E-state index contributed by atoms with van der Waals surface area (Å²) in [5, 5.41) is 12.0. The van der Waals surface area contributed by atoms with Crippen LogP contribution < -0.4 is 0 Å². The molecule has 0 aliphatic rings. The third-order valence-corrected chi connectivity index (χ3v) is 3.77. The van der Waals surface area contributed by atoms with Gasteiger partial charge in [0.25, 0.3) is 0 Å². The lowest BCUT2D eigenvalue weighted by molar-refractivity contribution is 1.11. The number of nitriles is 1. The van der Waals surface area contributed by atoms with E-state index in [2.05, 4.69) is 16.0 Å². The van der Waals surface area contributed by atoms with Gasteiger partial charge in [0, 0.05) is 29.8 Å². The molecule has 0 unspecified atom stereocenters. The molecule has 0 spiro atoms. The van der Waals surface area contributed by atoms with E-state index in [-0.39, 0.29) is 0 Å². The molecular formula is C16H11N3S. The highest BCUT2D eigenvalue weighted by atomic mass is 32.1. The molecule has 4 heteroatoms. The van der Waals surface area contributed by atoms with Gasteiger partial charge in [-0.15, -0.1) is 11.3 Å². The second-order valence-electron chi connectivity index (χ2n) is 4.36. The van der Waals surface area contributed by atoms with Crippen LogP contribution in [0.2, 0.25) is 0 Å². The monoisotopic (exact) mass is 277 g/mol. The van der Waals surface area contributed by atoms with E-state index in [4.69, 9.17) is 5.26 Å². The summed E-state index contributed by atoms with van der Waals surface area (Å²) in [7, 11) is 0. The molecule has 1 aromatic carbocycles. The van der Waals surface area contributed by atoms with Crippen molar-refractivity contribution in [2.75, 3.05) is 0 Å². The number of benzene rings is 1. The summed E-state index contributed by atoms with van der Waals surface area (Å²) in [5.74, 6) is 0. The summed E-state index contributed by atoms with van der Waals surface area (Å²) in [5.41, 5.74) is 3.72. The Labute approximate surface area is 121 Å². The van der Waals surface area contributed by atoms with Gasteiger partial charge in [0.05, 0.1) is 22.3 Å². The van der Waals surface area contributed by atoms with E-state index in [1.807, 2.05) is 41.9 Å². The molecule has 20 heavy (non-hydrogen) atoms. The van der Waals surface area contributed by atoms with E-state index < -0.39 is 0 Å². The third kappa shape index (κ3) is 2.73. The predicted molar refractivity (Wildman–Crippen MR) is 79.3 cm³/mol. The molecule has 0 N–H and O–H groups in total. The minimum atomic E-state index is 0.657. The zero-order valence-electron chi connectivity index (χ0n) is 10.7. The second kappa shape index (κ2) is 5.64. The SMILES string of the molecule is N#Cc1cccc(-c2csc(Cc3cccnc3)n2)c1. The topological polar surface area (TPSA) is 49.6 Å². The Kier molecular flexibility index (Phi) is 3.53. The quantitative estimate of drug-likeness (QED) is 0.734. The highest BCUT2D eigenvalue weighted by Crippen LogP contribution is 2.24. The van der Waals surface area contributed by atoms with E-state index >= 15 is 0 Å². The summed E-state index contributed by atoms with van der Waals surface area (Å²) in [6.45, 7) is 0. The average molecular weight is 277 g/mol. The van der Waals surface area contributed by atoms with E-state index in [0.29, 0.717) is 5.56 Å². The van der Waals surface area contributed by atoms with Crippen LogP contribution in [0.3, 0.4) is 0 Å². The highest BCUT2D eigenvalue weighted by Gasteiger charge is 2.06. The van der Waals surface area contributed by atoms with Gasteiger partial charge in [-0.2, -0.15) is 5.26 Å². The molecule has 0 atom stereocenters. The lowest BCUT2D eigenvalue weighted by Crippen LogP contribution is -1.88. The van der Waals surface area contributed by atoms with Gasteiger partial charge in [-0.05, 0) is 23.8 Å². The van der Waals surface area contributed by atoms with Crippen molar-refractivity contribution in [2.45, 2.75) is 6.42 Å². The summed E-state index contributed by atoms with van der Waals surface area (Å²) in [4.78, 5) is 8.74. The molecule has 0 aliphatic heterocycles. The van der Waals surface area contributed by atoms with Gasteiger partial charge in [-0.3, -0.25) is 4.98 Å². The van der Waals surface area contributed by atoms with Gasteiger partial charge in [0.2, 0.25) is 0 Å². The molecule has 2 heterocycles. The van der Waals surface area contributed by atoms with Crippen molar-refractivity contribution >= 4 is 11.3 Å². The molecule has 3 nitrogen and oxygen atoms in total. The first-order valence-corrected chi connectivity index (χ1v) is 7.07. The zero-order valence-corrected chi connectivity index (χ0v) is 11.5. The Morgan fingerprint density at radius 3 is 2.95 bits per heavy atom. The fourth-order valence-corrected chi connectivity index (χ4v) is 2.79. The molecule has 0 aliphatic carbocycles. The molecule has 0 radical (unpaired) electrons. The first-order chi connectivity index (χ1) is 9.85. The molecule has 96 valence electrons. The van der Waals surface area contributed by atoms with Crippen molar-refractivity contribution < 1.29 is 0 Å². The normalized spacial score (nSPS) is 10.2. The molecular weight excluding hydrogens is 266 g/mol. The van der Waals surface area contributed by atoms with E-state index in [0.717, 1.165) is 28.2 Å². The molecule has 0 saturated heterocycles. The Morgan fingerprint density at radius 2 is 2.15 bits per heavy atom. The molecule has 0 bridgehead atoms. The van der Waals surface area contributed by atoms with Gasteiger partial charge < -0.3 is 0 Å². The van der Waals surface area contributed by atoms with E-state index in [9.17, 15) is 0 Å². The maximum Gasteiger partial charge on any atom is 0.0991 e. The first kappa shape index (κ1) is 12.5. The third-order valence-electron chi connectivity index (χ3n) is 2.92. The average Bonchev–Trinajstić information content (AvgIpc) is 2.97. The largest absolute Gasteiger partial charge is 0.264 e. The number of hydrogen-bond donors (Lipinski definition) is 0. The molecule has 3 aromatic rings. The van der Waals surface area contributed by atoms with Crippen molar-refractivity contribution in [3.05, 3.63) is 70.3 Å². The first-order valence-electron chi connectivity index (χ1n) is 6.19. The van der Waals surface area contributed by atoms with Gasteiger partial charge >= 0.3 is 0 Å². The number of thiazole rings is 1. The zero-order chi connectivity index (χ0) is 13.8. The van der Waals surface area contributed by atoms with Crippen LogP contribution in [0.5, 0.6) is 0 Å². The van der Waals surface area contributed by atoms with Crippen molar-refractivity contribution in [1.29, 1.82) is 5.26 Å². The summed E-state index contributed by atoms with van der Waals surface area (Å²) < 4.78 is 0. The van der Waals surface area contributed by atoms with Gasteiger partial charge in [0.1, 0.15) is 0 Å². The number of nitrogens with zero attached hydrogens (tertiary/aromatic N) is 3. The Hall–Kier alpha value is -2.51. The van der Waals surface area contributed by atoms with Crippen LogP contribution in [0, 0.1) is 11.3 Å². The van der Waals surface area contributed by atoms with Crippen LogP contribution in [0.4, 0.5) is 0 Å². The smallest absolute Gasteiger partial charge is 0.0991 e. The van der Waals surface area contributed by atoms with Gasteiger partial charge in [-0.25, -0.2) is 4.98 Å². The van der Waals surface area contributed by atoms with Crippen LogP contribution in [0.1, 0.15) is 16.1 Å². The van der Waals surface area contributed by atoms with Crippen LogP contribution in [0.15, 0.2) is 54.2 Å². The minimum absolute atomic E-state index is 0.657.